The molecule has 0 saturated heterocycles. The van der Waals surface area contributed by atoms with Crippen molar-refractivity contribution >= 4 is 32.7 Å². The van der Waals surface area contributed by atoms with E-state index in [1.807, 2.05) is 36.4 Å². The van der Waals surface area contributed by atoms with Gasteiger partial charge in [-0.05, 0) is 56.8 Å². The van der Waals surface area contributed by atoms with Crippen molar-refractivity contribution in [1.29, 1.82) is 0 Å². The lowest BCUT2D eigenvalue weighted by atomic mass is 9.98. The van der Waals surface area contributed by atoms with E-state index in [4.69, 9.17) is 15.9 Å². The van der Waals surface area contributed by atoms with Crippen molar-refractivity contribution in [1.82, 2.24) is 0 Å². The summed E-state index contributed by atoms with van der Waals surface area (Å²) < 4.78 is 6.10. The summed E-state index contributed by atoms with van der Waals surface area (Å²) in [4.78, 5) is 0. The third-order valence-electron chi connectivity index (χ3n) is 6.54. The van der Waals surface area contributed by atoms with Crippen LogP contribution < -0.4 is 11.5 Å². The Morgan fingerprint density at radius 1 is 0.595 bits per heavy atom. The van der Waals surface area contributed by atoms with Crippen LogP contribution in [0.4, 0.5) is 0 Å². The van der Waals surface area contributed by atoms with Crippen molar-refractivity contribution in [3.8, 4) is 0 Å². The highest BCUT2D eigenvalue weighted by Gasteiger charge is 2.06. The molecule has 4 N–H and O–H groups in total. The van der Waals surface area contributed by atoms with Crippen molar-refractivity contribution in [2.75, 3.05) is 0 Å². The number of allylic oxidation sites excluding steroid dienone is 6. The number of rotatable bonds is 8. The molecule has 3 nitrogen and oxygen atoms in total. The Kier molecular flexibility index (Phi) is 7.33. The number of fused-ring (bicyclic) bond motifs is 2. The minimum atomic E-state index is 0.652. The van der Waals surface area contributed by atoms with Crippen LogP contribution in [0.2, 0.25) is 0 Å². The molecule has 1 heterocycles. The van der Waals surface area contributed by atoms with Gasteiger partial charge in [-0.1, -0.05) is 109 Å². The maximum atomic E-state index is 6.10. The van der Waals surface area contributed by atoms with Crippen molar-refractivity contribution < 1.29 is 4.42 Å². The molecule has 3 heteroatoms. The fraction of sp³-hybridized carbons (Fsp3) is 0.0588. The number of benzene rings is 4. The van der Waals surface area contributed by atoms with Gasteiger partial charge >= 0.3 is 0 Å². The van der Waals surface area contributed by atoms with Crippen LogP contribution in [0.15, 0.2) is 138 Å². The zero-order chi connectivity index (χ0) is 25.5. The van der Waals surface area contributed by atoms with Gasteiger partial charge in [0.05, 0.1) is 0 Å². The predicted octanol–water partition coefficient (Wildman–Crippen LogP) is 7.78. The molecule has 0 aliphatic rings. The average molecular weight is 483 g/mol. The average Bonchev–Trinajstić information content (AvgIpc) is 3.42. The molecule has 37 heavy (non-hydrogen) atoms. The molecule has 5 rings (SSSR count). The lowest BCUT2D eigenvalue weighted by Gasteiger charge is -2.07. The first-order valence-electron chi connectivity index (χ1n) is 12.5. The van der Waals surface area contributed by atoms with Gasteiger partial charge in [0.15, 0.2) is 0 Å². The number of nitrogens with two attached hydrogens (primary N) is 2. The van der Waals surface area contributed by atoms with E-state index in [1.54, 1.807) is 12.4 Å². The molecule has 0 spiro atoms. The Bertz CT molecular complexity index is 1640. The van der Waals surface area contributed by atoms with Crippen LogP contribution in [0, 0.1) is 0 Å². The molecule has 4 aromatic carbocycles. The zero-order valence-corrected chi connectivity index (χ0v) is 20.7. The lowest BCUT2D eigenvalue weighted by molar-refractivity contribution is 0.511. The number of hydrogen-bond acceptors (Lipinski definition) is 3. The Morgan fingerprint density at radius 3 is 2.00 bits per heavy atom. The molecular formula is C34H30N2O. The lowest BCUT2D eigenvalue weighted by Crippen LogP contribution is -1.89. The topological polar surface area (TPSA) is 65.2 Å². The second-order valence-corrected chi connectivity index (χ2v) is 8.89. The van der Waals surface area contributed by atoms with Crippen LogP contribution in [-0.4, -0.2) is 0 Å². The molecule has 5 aromatic rings. The third-order valence-corrected chi connectivity index (χ3v) is 6.54. The van der Waals surface area contributed by atoms with Crippen LogP contribution in [0.3, 0.4) is 0 Å². The standard InChI is InChI=1S/C34H30N2O/c35-23-28(33-20-8-14-27-10-2-4-19-32(27)33)15-7-17-30-21-22-34(37-30)29(24-36)16-6-13-26-12-5-11-25-9-1-3-18-31(25)26/h1-12,14-16,18-24H,13,17,35-36H2/b15-7-,16-6-,28-23+,29-24+. The summed E-state index contributed by atoms with van der Waals surface area (Å²) in [5.74, 6) is 1.62. The van der Waals surface area contributed by atoms with E-state index in [-0.39, 0.29) is 0 Å². The number of furan rings is 1. The fourth-order valence-corrected chi connectivity index (χ4v) is 4.66. The summed E-state index contributed by atoms with van der Waals surface area (Å²) in [5, 5.41) is 4.90. The van der Waals surface area contributed by atoms with Crippen LogP contribution in [0.25, 0.3) is 32.7 Å². The second kappa shape index (κ2) is 11.3. The van der Waals surface area contributed by atoms with E-state index >= 15 is 0 Å². The van der Waals surface area contributed by atoms with Crippen molar-refractivity contribution in [3.63, 3.8) is 0 Å². The molecule has 0 amide bonds. The van der Waals surface area contributed by atoms with E-state index in [0.29, 0.717) is 6.42 Å². The highest BCUT2D eigenvalue weighted by atomic mass is 16.3. The van der Waals surface area contributed by atoms with Gasteiger partial charge in [0.25, 0.3) is 0 Å². The largest absolute Gasteiger partial charge is 0.461 e. The summed E-state index contributed by atoms with van der Waals surface area (Å²) >= 11 is 0. The fourth-order valence-electron chi connectivity index (χ4n) is 4.66. The maximum absolute atomic E-state index is 6.10. The van der Waals surface area contributed by atoms with Gasteiger partial charge in [0.1, 0.15) is 11.5 Å². The minimum Gasteiger partial charge on any atom is -0.461 e. The first-order chi connectivity index (χ1) is 18.3. The molecule has 0 radical (unpaired) electrons. The highest BCUT2D eigenvalue weighted by molar-refractivity contribution is 5.96. The zero-order valence-electron chi connectivity index (χ0n) is 20.7. The minimum absolute atomic E-state index is 0.652. The second-order valence-electron chi connectivity index (χ2n) is 8.89. The Labute approximate surface area is 217 Å². The first-order valence-corrected chi connectivity index (χ1v) is 12.5. The molecule has 0 saturated carbocycles. The van der Waals surface area contributed by atoms with Gasteiger partial charge in [-0.15, -0.1) is 0 Å². The van der Waals surface area contributed by atoms with Gasteiger partial charge in [-0.2, -0.15) is 0 Å². The normalized spacial score (nSPS) is 12.9. The predicted molar refractivity (Wildman–Crippen MR) is 157 cm³/mol. The van der Waals surface area contributed by atoms with Crippen LogP contribution >= 0.6 is 0 Å². The quantitative estimate of drug-likeness (QED) is 0.222. The molecule has 0 atom stereocenters. The van der Waals surface area contributed by atoms with Crippen molar-refractivity contribution in [2.45, 2.75) is 12.8 Å². The Hall–Kier alpha value is -4.76. The van der Waals surface area contributed by atoms with Crippen LogP contribution in [0.1, 0.15) is 22.6 Å². The SMILES string of the molecule is N/C=C(\C=C/Cc1cccc2ccccc12)c1ccc(C/C=C\C(=C/N)c2cccc3ccccc23)o1. The molecular weight excluding hydrogens is 452 g/mol. The van der Waals surface area contributed by atoms with Gasteiger partial charge < -0.3 is 15.9 Å². The van der Waals surface area contributed by atoms with Crippen molar-refractivity contribution in [3.05, 3.63) is 156 Å². The number of hydrogen-bond donors (Lipinski definition) is 2. The van der Waals surface area contributed by atoms with Crippen LogP contribution in [-0.2, 0) is 12.8 Å². The summed E-state index contributed by atoms with van der Waals surface area (Å²) in [7, 11) is 0. The maximum Gasteiger partial charge on any atom is 0.135 e. The van der Waals surface area contributed by atoms with Gasteiger partial charge in [0.2, 0.25) is 0 Å². The molecule has 182 valence electrons. The summed E-state index contributed by atoms with van der Waals surface area (Å²) in [5.41, 5.74) is 16.2. The van der Waals surface area contributed by atoms with Gasteiger partial charge in [-0.3, -0.25) is 0 Å². The van der Waals surface area contributed by atoms with E-state index < -0.39 is 0 Å². The first kappa shape index (κ1) is 24.0. The molecule has 1 aromatic heterocycles. The monoisotopic (exact) mass is 482 g/mol. The summed E-state index contributed by atoms with van der Waals surface area (Å²) in [6, 6.07) is 33.4. The Balaban J connectivity index is 1.26. The Morgan fingerprint density at radius 2 is 1.22 bits per heavy atom. The van der Waals surface area contributed by atoms with Gasteiger partial charge in [0, 0.05) is 24.4 Å². The smallest absolute Gasteiger partial charge is 0.135 e. The van der Waals surface area contributed by atoms with Gasteiger partial charge in [-0.25, -0.2) is 0 Å². The van der Waals surface area contributed by atoms with Crippen LogP contribution in [0.5, 0.6) is 0 Å². The highest BCUT2D eigenvalue weighted by Crippen LogP contribution is 2.26. The van der Waals surface area contributed by atoms with Crippen molar-refractivity contribution in [2.24, 2.45) is 11.5 Å². The van der Waals surface area contributed by atoms with E-state index in [1.165, 1.54) is 27.1 Å². The van der Waals surface area contributed by atoms with E-state index in [0.717, 1.165) is 34.7 Å². The molecule has 0 fully saturated rings. The third kappa shape index (κ3) is 5.41. The van der Waals surface area contributed by atoms with E-state index in [2.05, 4.69) is 84.9 Å². The molecule has 0 aliphatic carbocycles. The van der Waals surface area contributed by atoms with E-state index in [9.17, 15) is 0 Å². The molecule has 0 unspecified atom stereocenters. The molecule has 0 aliphatic heterocycles. The molecule has 0 bridgehead atoms. The summed E-state index contributed by atoms with van der Waals surface area (Å²) in [6.07, 6.45) is 13.0. The summed E-state index contributed by atoms with van der Waals surface area (Å²) in [6.45, 7) is 0.